The average Bonchev–Trinajstić information content (AvgIpc) is 2.55. The van der Waals surface area contributed by atoms with Crippen molar-refractivity contribution in [3.05, 3.63) is 53.1 Å². The third-order valence-corrected chi connectivity index (χ3v) is 3.95. The summed E-state index contributed by atoms with van der Waals surface area (Å²) < 4.78 is 0. The lowest BCUT2D eigenvalue weighted by Crippen LogP contribution is -2.27. The first-order valence-electron chi connectivity index (χ1n) is 8.36. The maximum absolute atomic E-state index is 12.1. The second-order valence-corrected chi connectivity index (χ2v) is 7.58. The van der Waals surface area contributed by atoms with Crippen molar-refractivity contribution in [1.29, 1.82) is 0 Å². The summed E-state index contributed by atoms with van der Waals surface area (Å²) in [4.78, 5) is 24.2. The molecule has 3 N–H and O–H groups in total. The van der Waals surface area contributed by atoms with Gasteiger partial charge >= 0.3 is 0 Å². The molecular weight excluding hydrogens is 350 g/mol. The van der Waals surface area contributed by atoms with Crippen LogP contribution in [0, 0.1) is 12.3 Å². The maximum atomic E-state index is 12.1. The number of amides is 2. The quantitative estimate of drug-likeness (QED) is 0.712. The maximum Gasteiger partial charge on any atom is 0.243 e. The number of benzene rings is 2. The lowest BCUT2D eigenvalue weighted by Gasteiger charge is -2.18. The van der Waals surface area contributed by atoms with Gasteiger partial charge in [-0.05, 0) is 48.9 Å². The Bertz CT molecular complexity index is 813. The summed E-state index contributed by atoms with van der Waals surface area (Å²) in [6.45, 7) is 7.56. The number of rotatable bonds is 5. The zero-order chi connectivity index (χ0) is 19.3. The van der Waals surface area contributed by atoms with Crippen molar-refractivity contribution >= 4 is 40.5 Å². The molecule has 0 aliphatic carbocycles. The molecule has 0 aliphatic heterocycles. The predicted molar refractivity (Wildman–Crippen MR) is 108 cm³/mol. The molecule has 0 bridgehead atoms. The number of halogens is 1. The summed E-state index contributed by atoms with van der Waals surface area (Å²) in [5.41, 5.74) is 2.59. The van der Waals surface area contributed by atoms with Gasteiger partial charge in [0, 0.05) is 27.5 Å². The highest BCUT2D eigenvalue weighted by Gasteiger charge is 2.21. The highest BCUT2D eigenvalue weighted by atomic mass is 35.5. The zero-order valence-corrected chi connectivity index (χ0v) is 16.2. The largest absolute Gasteiger partial charge is 0.376 e. The molecule has 2 aromatic carbocycles. The van der Waals surface area contributed by atoms with Gasteiger partial charge in [0.2, 0.25) is 11.8 Å². The summed E-state index contributed by atoms with van der Waals surface area (Å²) in [6, 6.07) is 12.6. The van der Waals surface area contributed by atoms with Crippen LogP contribution in [0.4, 0.5) is 17.1 Å². The van der Waals surface area contributed by atoms with Crippen molar-refractivity contribution in [3.8, 4) is 0 Å². The minimum atomic E-state index is -0.472. The lowest BCUT2D eigenvalue weighted by molar-refractivity contribution is -0.123. The van der Waals surface area contributed by atoms with Gasteiger partial charge in [-0.1, -0.05) is 38.4 Å². The number of carbonyl (C=O) groups is 2. The molecule has 0 fully saturated rings. The van der Waals surface area contributed by atoms with E-state index < -0.39 is 5.41 Å². The van der Waals surface area contributed by atoms with Gasteiger partial charge in [-0.2, -0.15) is 0 Å². The van der Waals surface area contributed by atoms with Crippen LogP contribution in [0.15, 0.2) is 42.5 Å². The molecule has 5 nitrogen and oxygen atoms in total. The summed E-state index contributed by atoms with van der Waals surface area (Å²) in [5.74, 6) is -0.231. The predicted octanol–water partition coefficient (Wildman–Crippen LogP) is 4.68. The summed E-state index contributed by atoms with van der Waals surface area (Å²) in [7, 11) is 0. The summed E-state index contributed by atoms with van der Waals surface area (Å²) in [5, 5.41) is 9.41. The zero-order valence-electron chi connectivity index (χ0n) is 15.4. The first kappa shape index (κ1) is 19.8. The Balaban J connectivity index is 1.93. The van der Waals surface area contributed by atoms with E-state index in [1.54, 1.807) is 24.3 Å². The van der Waals surface area contributed by atoms with E-state index in [1.165, 1.54) is 0 Å². The third-order valence-electron chi connectivity index (χ3n) is 3.72. The van der Waals surface area contributed by atoms with Crippen LogP contribution in [0.1, 0.15) is 26.3 Å². The van der Waals surface area contributed by atoms with Crippen LogP contribution in [0.25, 0.3) is 0 Å². The minimum Gasteiger partial charge on any atom is -0.376 e. The second kappa shape index (κ2) is 8.23. The molecule has 0 saturated carbocycles. The Morgan fingerprint density at radius 2 is 1.69 bits per heavy atom. The average molecular weight is 374 g/mol. The molecule has 0 unspecified atom stereocenters. The fourth-order valence-corrected chi connectivity index (χ4v) is 2.40. The molecule has 0 aromatic heterocycles. The summed E-state index contributed by atoms with van der Waals surface area (Å²) >= 11 is 5.92. The van der Waals surface area contributed by atoms with E-state index in [1.807, 2.05) is 45.9 Å². The highest BCUT2D eigenvalue weighted by Crippen LogP contribution is 2.21. The molecular formula is C20H24ClN3O2. The molecule has 0 heterocycles. The van der Waals surface area contributed by atoms with Gasteiger partial charge in [-0.15, -0.1) is 0 Å². The first-order chi connectivity index (χ1) is 12.1. The third kappa shape index (κ3) is 5.77. The summed E-state index contributed by atoms with van der Waals surface area (Å²) in [6.07, 6.45) is 0. The molecule has 0 radical (unpaired) electrons. The smallest absolute Gasteiger partial charge is 0.243 e. The van der Waals surface area contributed by atoms with Crippen LogP contribution in [-0.2, 0) is 9.59 Å². The molecule has 6 heteroatoms. The molecule has 0 spiro atoms. The molecule has 2 rings (SSSR count). The Labute approximate surface area is 159 Å². The Morgan fingerprint density at radius 3 is 2.35 bits per heavy atom. The fraction of sp³-hybridized carbons (Fsp3) is 0.300. The highest BCUT2D eigenvalue weighted by molar-refractivity contribution is 6.30. The number of aryl methyl sites for hydroxylation is 1. The van der Waals surface area contributed by atoms with Crippen molar-refractivity contribution in [2.75, 3.05) is 22.5 Å². The lowest BCUT2D eigenvalue weighted by atomic mass is 9.95. The van der Waals surface area contributed by atoms with Crippen LogP contribution in [0.3, 0.4) is 0 Å². The molecule has 2 aromatic rings. The first-order valence-corrected chi connectivity index (χ1v) is 8.74. The molecule has 0 aliphatic rings. The van der Waals surface area contributed by atoms with Gasteiger partial charge in [0.15, 0.2) is 0 Å². The molecule has 0 saturated heterocycles. The van der Waals surface area contributed by atoms with Gasteiger partial charge in [0.1, 0.15) is 0 Å². The van der Waals surface area contributed by atoms with Crippen molar-refractivity contribution in [2.45, 2.75) is 27.7 Å². The number of carbonyl (C=O) groups excluding carboxylic acids is 2. The van der Waals surface area contributed by atoms with Crippen LogP contribution in [0.5, 0.6) is 0 Å². The van der Waals surface area contributed by atoms with E-state index in [0.717, 1.165) is 16.9 Å². The number of nitrogens with one attached hydrogen (secondary N) is 3. The monoisotopic (exact) mass is 373 g/mol. The van der Waals surface area contributed by atoms with Crippen molar-refractivity contribution in [1.82, 2.24) is 0 Å². The van der Waals surface area contributed by atoms with Gasteiger partial charge in [-0.25, -0.2) is 0 Å². The number of anilines is 3. The van der Waals surface area contributed by atoms with Gasteiger partial charge in [0.25, 0.3) is 0 Å². The standard InChI is InChI=1S/C20H24ClN3O2/c1-13-10-14(21)8-9-17(13)24-18(25)12-22-15-6-5-7-16(11-15)23-19(26)20(2,3)4/h5-11,22H,12H2,1-4H3,(H,23,26)(H,24,25). The number of hydrogen-bond acceptors (Lipinski definition) is 3. The molecule has 0 atom stereocenters. The number of hydrogen-bond donors (Lipinski definition) is 3. The van der Waals surface area contributed by atoms with Gasteiger partial charge < -0.3 is 16.0 Å². The molecule has 2 amide bonds. The second-order valence-electron chi connectivity index (χ2n) is 7.15. The van der Waals surface area contributed by atoms with Crippen LogP contribution in [-0.4, -0.2) is 18.4 Å². The van der Waals surface area contributed by atoms with Gasteiger partial charge in [0.05, 0.1) is 6.54 Å². The Hall–Kier alpha value is -2.53. The normalized spacial score (nSPS) is 11.0. The SMILES string of the molecule is Cc1cc(Cl)ccc1NC(=O)CNc1cccc(NC(=O)C(C)(C)C)c1. The van der Waals surface area contributed by atoms with Crippen LogP contribution >= 0.6 is 11.6 Å². The van der Waals surface area contributed by atoms with Crippen molar-refractivity contribution < 1.29 is 9.59 Å². The van der Waals surface area contributed by atoms with E-state index in [9.17, 15) is 9.59 Å². The van der Waals surface area contributed by atoms with Crippen molar-refractivity contribution in [3.63, 3.8) is 0 Å². The van der Waals surface area contributed by atoms with E-state index in [4.69, 9.17) is 11.6 Å². The fourth-order valence-electron chi connectivity index (χ4n) is 2.17. The Morgan fingerprint density at radius 1 is 1.00 bits per heavy atom. The minimum absolute atomic E-state index is 0.0643. The van der Waals surface area contributed by atoms with E-state index in [-0.39, 0.29) is 18.4 Å². The molecule has 138 valence electrons. The topological polar surface area (TPSA) is 70.2 Å². The van der Waals surface area contributed by atoms with E-state index in [0.29, 0.717) is 10.7 Å². The van der Waals surface area contributed by atoms with Crippen LogP contribution < -0.4 is 16.0 Å². The van der Waals surface area contributed by atoms with E-state index in [2.05, 4.69) is 16.0 Å². The Kier molecular flexibility index (Phi) is 6.27. The van der Waals surface area contributed by atoms with Gasteiger partial charge in [-0.3, -0.25) is 9.59 Å². The molecule has 26 heavy (non-hydrogen) atoms. The van der Waals surface area contributed by atoms with Crippen molar-refractivity contribution in [2.24, 2.45) is 5.41 Å². The van der Waals surface area contributed by atoms with E-state index >= 15 is 0 Å². The van der Waals surface area contributed by atoms with Crippen LogP contribution in [0.2, 0.25) is 5.02 Å².